The van der Waals surface area contributed by atoms with Crippen molar-refractivity contribution < 1.29 is 9.53 Å². The van der Waals surface area contributed by atoms with Gasteiger partial charge in [0.15, 0.2) is 0 Å². The Labute approximate surface area is 111 Å². The van der Waals surface area contributed by atoms with Gasteiger partial charge in [0.05, 0.1) is 12.5 Å². The Balaban J connectivity index is 0. The first kappa shape index (κ1) is 16.2. The normalized spacial score (nSPS) is 11.6. The maximum atomic E-state index is 11.3. The summed E-state index contributed by atoms with van der Waals surface area (Å²) in [5.41, 5.74) is 0. The van der Waals surface area contributed by atoms with Crippen LogP contribution in [0.1, 0.15) is 46.5 Å². The van der Waals surface area contributed by atoms with Crippen molar-refractivity contribution in [2.75, 3.05) is 6.61 Å². The smallest absolute Gasteiger partial charge is 0.466 e. The molecule has 3 heteroatoms. The Bertz CT molecular complexity index is 126. The molecule has 72 valence electrons. The number of unbranched alkanes of at least 4 members (excludes halogenated alkanes) is 1. The number of carbonyl (C=O) groups is 1. The number of esters is 1. The molecule has 0 saturated heterocycles. The quantitative estimate of drug-likeness (QED) is 0.499. The van der Waals surface area contributed by atoms with Gasteiger partial charge in [-0.15, -0.1) is 0 Å². The average molecular weight is 212 g/mol. The van der Waals surface area contributed by atoms with Crippen LogP contribution in [0.4, 0.5) is 0 Å². The second kappa shape index (κ2) is 10.8. The van der Waals surface area contributed by atoms with Crippen LogP contribution < -0.4 is 0 Å². The van der Waals surface area contributed by atoms with Gasteiger partial charge < -0.3 is 4.74 Å². The van der Waals surface area contributed by atoms with E-state index in [1.807, 2.05) is 13.8 Å². The molecular weight excluding hydrogens is 192 g/mol. The molecule has 0 fully saturated rings. The van der Waals surface area contributed by atoms with E-state index in [-0.39, 0.29) is 49.6 Å². The third kappa shape index (κ3) is 7.77. The number of rotatable bonds is 6. The second-order valence-corrected chi connectivity index (χ2v) is 3.00. The van der Waals surface area contributed by atoms with Crippen LogP contribution in [0.25, 0.3) is 0 Å². The van der Waals surface area contributed by atoms with Crippen LogP contribution in [-0.2, 0) is 9.53 Å². The zero-order valence-electron chi connectivity index (χ0n) is 9.14. The minimum Gasteiger partial charge on any atom is -0.466 e. The molecule has 0 aliphatic heterocycles. The Hall–Kier alpha value is 0.730. The van der Waals surface area contributed by atoms with Gasteiger partial charge in [0.2, 0.25) is 0 Å². The average Bonchev–Trinajstić information content (AvgIpc) is 2.06. The van der Waals surface area contributed by atoms with Gasteiger partial charge in [-0.1, -0.05) is 26.7 Å². The molecule has 0 saturated carbocycles. The predicted octanol–water partition coefficient (Wildman–Crippen LogP) is 2.39. The molecule has 1 atom stereocenters. The standard InChI is InChI=1S/C10H20O2.Ca/c1-4-7-8-9(5-2)10(11)12-6-3;/h9H,4-8H2,1-3H3;/q;+2. The van der Waals surface area contributed by atoms with E-state index in [1.165, 1.54) is 0 Å². The molecule has 0 aliphatic rings. The van der Waals surface area contributed by atoms with Crippen molar-refractivity contribution in [3.63, 3.8) is 0 Å². The van der Waals surface area contributed by atoms with Gasteiger partial charge in [0.25, 0.3) is 0 Å². The molecule has 0 aromatic rings. The maximum absolute atomic E-state index is 11.3. The van der Waals surface area contributed by atoms with E-state index < -0.39 is 0 Å². The van der Waals surface area contributed by atoms with E-state index >= 15 is 0 Å². The number of carbonyl (C=O) groups excluding carboxylic acids is 1. The summed E-state index contributed by atoms with van der Waals surface area (Å²) in [7, 11) is 0. The topological polar surface area (TPSA) is 26.3 Å². The summed E-state index contributed by atoms with van der Waals surface area (Å²) < 4.78 is 4.95. The van der Waals surface area contributed by atoms with Crippen LogP contribution in [0.5, 0.6) is 0 Å². The van der Waals surface area contributed by atoms with E-state index in [9.17, 15) is 4.79 Å². The fourth-order valence-electron chi connectivity index (χ4n) is 1.20. The van der Waals surface area contributed by atoms with Crippen molar-refractivity contribution in [3.05, 3.63) is 0 Å². The Kier molecular flexibility index (Phi) is 13.4. The van der Waals surface area contributed by atoms with Crippen LogP contribution in [0.15, 0.2) is 0 Å². The van der Waals surface area contributed by atoms with Crippen molar-refractivity contribution >= 4 is 43.7 Å². The van der Waals surface area contributed by atoms with Gasteiger partial charge in [-0.2, -0.15) is 0 Å². The Morgan fingerprint density at radius 1 is 1.31 bits per heavy atom. The molecule has 2 nitrogen and oxygen atoms in total. The van der Waals surface area contributed by atoms with Crippen LogP contribution >= 0.6 is 0 Å². The predicted molar refractivity (Wildman–Crippen MR) is 55.7 cm³/mol. The van der Waals surface area contributed by atoms with Gasteiger partial charge in [-0.25, -0.2) is 0 Å². The van der Waals surface area contributed by atoms with Gasteiger partial charge in [0.1, 0.15) is 0 Å². The molecule has 0 amide bonds. The zero-order chi connectivity index (χ0) is 9.40. The first-order valence-electron chi connectivity index (χ1n) is 4.92. The minimum absolute atomic E-state index is 0. The summed E-state index contributed by atoms with van der Waals surface area (Å²) in [6.07, 6.45) is 4.15. The zero-order valence-corrected chi connectivity index (χ0v) is 11.3. The van der Waals surface area contributed by atoms with Crippen LogP contribution in [0.3, 0.4) is 0 Å². The summed E-state index contributed by atoms with van der Waals surface area (Å²) >= 11 is 0. The third-order valence-electron chi connectivity index (χ3n) is 2.02. The summed E-state index contributed by atoms with van der Waals surface area (Å²) in [5.74, 6) is 0.110. The second-order valence-electron chi connectivity index (χ2n) is 3.00. The van der Waals surface area contributed by atoms with Gasteiger partial charge in [0, 0.05) is 0 Å². The van der Waals surface area contributed by atoms with Gasteiger partial charge >= 0.3 is 43.7 Å². The fourth-order valence-corrected chi connectivity index (χ4v) is 1.20. The fraction of sp³-hybridized carbons (Fsp3) is 0.900. The molecule has 0 bridgehead atoms. The Morgan fingerprint density at radius 2 is 1.92 bits per heavy atom. The molecule has 0 aromatic carbocycles. The summed E-state index contributed by atoms with van der Waals surface area (Å²) in [6.45, 7) is 6.53. The van der Waals surface area contributed by atoms with Gasteiger partial charge in [-0.05, 0) is 19.8 Å². The first-order chi connectivity index (χ1) is 5.76. The van der Waals surface area contributed by atoms with Crippen molar-refractivity contribution in [1.29, 1.82) is 0 Å². The van der Waals surface area contributed by atoms with Crippen LogP contribution in [0.2, 0.25) is 0 Å². The van der Waals surface area contributed by atoms with Crippen molar-refractivity contribution in [1.82, 2.24) is 0 Å². The monoisotopic (exact) mass is 212 g/mol. The minimum atomic E-state index is -0.0200. The first-order valence-corrected chi connectivity index (χ1v) is 4.92. The van der Waals surface area contributed by atoms with Gasteiger partial charge in [-0.3, -0.25) is 4.79 Å². The van der Waals surface area contributed by atoms with Crippen LogP contribution in [-0.4, -0.2) is 50.3 Å². The summed E-state index contributed by atoms with van der Waals surface area (Å²) in [5, 5.41) is 0. The molecule has 0 spiro atoms. The van der Waals surface area contributed by atoms with E-state index in [4.69, 9.17) is 4.74 Å². The molecule has 0 heterocycles. The van der Waals surface area contributed by atoms with Crippen molar-refractivity contribution in [2.24, 2.45) is 5.92 Å². The SMILES string of the molecule is CCCCC(CC)C(=O)OCC.[Ca+2]. The molecule has 0 aromatic heterocycles. The number of ether oxygens (including phenoxy) is 1. The largest absolute Gasteiger partial charge is 2.00 e. The Morgan fingerprint density at radius 3 is 2.31 bits per heavy atom. The molecule has 0 rings (SSSR count). The molecule has 0 radical (unpaired) electrons. The summed E-state index contributed by atoms with van der Waals surface area (Å²) in [4.78, 5) is 11.3. The molecule has 0 aliphatic carbocycles. The molecular formula is C10H20CaO2+2. The molecule has 1 unspecified atom stereocenters. The summed E-state index contributed by atoms with van der Waals surface area (Å²) in [6, 6.07) is 0. The third-order valence-corrected chi connectivity index (χ3v) is 2.02. The van der Waals surface area contributed by atoms with E-state index in [1.54, 1.807) is 0 Å². The molecule has 0 N–H and O–H groups in total. The van der Waals surface area contributed by atoms with E-state index in [0.29, 0.717) is 6.61 Å². The maximum Gasteiger partial charge on any atom is 2.00 e. The number of hydrogen-bond acceptors (Lipinski definition) is 2. The van der Waals surface area contributed by atoms with E-state index in [2.05, 4.69) is 6.92 Å². The van der Waals surface area contributed by atoms with Crippen molar-refractivity contribution in [2.45, 2.75) is 46.5 Å². The molecule has 13 heavy (non-hydrogen) atoms. The van der Waals surface area contributed by atoms with E-state index in [0.717, 1.165) is 25.7 Å². The number of hydrogen-bond donors (Lipinski definition) is 0. The van der Waals surface area contributed by atoms with Crippen molar-refractivity contribution in [3.8, 4) is 0 Å². The van der Waals surface area contributed by atoms with Crippen LogP contribution in [0, 0.1) is 5.92 Å².